The summed E-state index contributed by atoms with van der Waals surface area (Å²) in [5.74, 6) is -2.83. The van der Waals surface area contributed by atoms with E-state index >= 15 is 0 Å². The molecule has 1 radical (unpaired) electrons. The smallest absolute Gasteiger partial charge is 0.255 e. The molecule has 8 heavy (non-hydrogen) atoms. The molecule has 3 heteroatoms. The summed E-state index contributed by atoms with van der Waals surface area (Å²) in [4.78, 5) is 9.37. The molecule has 0 aliphatic heterocycles. The first kappa shape index (κ1) is 7.53. The van der Waals surface area contributed by atoms with Gasteiger partial charge in [-0.3, -0.25) is 4.79 Å². The molecule has 0 amide bonds. The summed E-state index contributed by atoms with van der Waals surface area (Å²) in [7, 11) is 0. The third kappa shape index (κ3) is 2.66. The van der Waals surface area contributed by atoms with Crippen LogP contribution in [0.5, 0.6) is 0 Å². The van der Waals surface area contributed by atoms with Crippen LogP contribution in [0.2, 0.25) is 0 Å². The summed E-state index contributed by atoms with van der Waals surface area (Å²) < 4.78 is 23.8. The van der Waals surface area contributed by atoms with Crippen molar-refractivity contribution >= 4 is 6.29 Å². The average Bonchev–Trinajstić information content (AvgIpc) is 1.67. The van der Waals surface area contributed by atoms with E-state index in [1.807, 2.05) is 0 Å². The van der Waals surface area contributed by atoms with Crippen molar-refractivity contribution in [1.29, 1.82) is 0 Å². The predicted octanol–water partition coefficient (Wildman–Crippen LogP) is 1.53. The lowest BCUT2D eigenvalue weighted by molar-refractivity contribution is 0.00478. The summed E-state index contributed by atoms with van der Waals surface area (Å²) >= 11 is 0. The number of hydrogen-bond donors (Lipinski definition) is 0. The van der Waals surface area contributed by atoms with Crippen LogP contribution in [0.15, 0.2) is 0 Å². The monoisotopic (exact) mass is 121 g/mol. The van der Waals surface area contributed by atoms with Crippen molar-refractivity contribution in [1.82, 2.24) is 0 Å². The highest BCUT2D eigenvalue weighted by Crippen LogP contribution is 2.19. The maximum absolute atomic E-state index is 11.9. The Morgan fingerprint density at radius 3 is 2.25 bits per heavy atom. The minimum Gasteiger partial charge on any atom is -0.291 e. The molecule has 0 bridgehead atoms. The van der Waals surface area contributed by atoms with Gasteiger partial charge in [0.1, 0.15) is 0 Å². The van der Waals surface area contributed by atoms with Crippen molar-refractivity contribution in [2.75, 3.05) is 0 Å². The summed E-state index contributed by atoms with van der Waals surface area (Å²) in [5.41, 5.74) is 0. The van der Waals surface area contributed by atoms with Gasteiger partial charge in [0.2, 0.25) is 6.29 Å². The molecule has 0 fully saturated rings. The summed E-state index contributed by atoms with van der Waals surface area (Å²) in [6.07, 6.45) is 0.0951. The summed E-state index contributed by atoms with van der Waals surface area (Å²) in [6.45, 7) is 1.33. The molecular formula is C5H7F2O. The Morgan fingerprint density at radius 2 is 2.12 bits per heavy atom. The molecule has 0 aliphatic carbocycles. The average molecular weight is 121 g/mol. The normalized spacial score (nSPS) is 11.4. The van der Waals surface area contributed by atoms with Crippen LogP contribution in [-0.2, 0) is 4.79 Å². The van der Waals surface area contributed by atoms with Gasteiger partial charge in [0.15, 0.2) is 0 Å². The number of alkyl halides is 2. The second-order valence-electron chi connectivity index (χ2n) is 1.53. The highest BCUT2D eigenvalue weighted by molar-refractivity contribution is 5.51. The van der Waals surface area contributed by atoms with Crippen molar-refractivity contribution in [2.45, 2.75) is 25.7 Å². The van der Waals surface area contributed by atoms with Gasteiger partial charge >= 0.3 is 0 Å². The third-order valence-electron chi connectivity index (χ3n) is 0.848. The van der Waals surface area contributed by atoms with Crippen LogP contribution in [0, 0.1) is 0 Å². The number of rotatable bonds is 3. The third-order valence-corrected chi connectivity index (χ3v) is 0.848. The van der Waals surface area contributed by atoms with Gasteiger partial charge in [-0.1, -0.05) is 6.92 Å². The van der Waals surface area contributed by atoms with Crippen molar-refractivity contribution in [3.05, 3.63) is 0 Å². The van der Waals surface area contributed by atoms with Crippen molar-refractivity contribution in [3.63, 3.8) is 0 Å². The fourth-order valence-corrected chi connectivity index (χ4v) is 0.231. The Balaban J connectivity index is 3.53. The number of carbonyl (C=O) groups excluding carboxylic acids is 1. The van der Waals surface area contributed by atoms with Crippen LogP contribution in [0.4, 0.5) is 8.78 Å². The molecule has 0 aromatic carbocycles. The Hall–Kier alpha value is -0.470. The maximum Gasteiger partial charge on any atom is 0.255 e. The van der Waals surface area contributed by atoms with E-state index in [2.05, 4.69) is 0 Å². The molecule has 0 heterocycles. The first-order chi connectivity index (χ1) is 3.62. The van der Waals surface area contributed by atoms with Gasteiger partial charge in [0, 0.05) is 6.42 Å². The molecule has 0 atom stereocenters. The van der Waals surface area contributed by atoms with Crippen LogP contribution < -0.4 is 0 Å². The van der Waals surface area contributed by atoms with Gasteiger partial charge in [-0.25, -0.2) is 8.78 Å². The van der Waals surface area contributed by atoms with Crippen molar-refractivity contribution in [2.24, 2.45) is 0 Å². The zero-order chi connectivity index (χ0) is 6.62. The van der Waals surface area contributed by atoms with Gasteiger partial charge in [-0.15, -0.1) is 0 Å². The molecule has 1 nitrogen and oxygen atoms in total. The summed E-state index contributed by atoms with van der Waals surface area (Å²) in [6, 6.07) is 0. The lowest BCUT2D eigenvalue weighted by atomic mass is 10.2. The van der Waals surface area contributed by atoms with Gasteiger partial charge < -0.3 is 0 Å². The molecule has 0 rings (SSSR count). The van der Waals surface area contributed by atoms with Crippen LogP contribution in [0.1, 0.15) is 19.8 Å². The number of hydrogen-bond acceptors (Lipinski definition) is 1. The molecule has 0 unspecified atom stereocenters. The molecule has 0 spiro atoms. The molecular weight excluding hydrogens is 114 g/mol. The van der Waals surface area contributed by atoms with E-state index in [1.165, 1.54) is 6.92 Å². The lowest BCUT2D eigenvalue weighted by Gasteiger charge is -2.06. The molecule has 0 aliphatic rings. The molecule has 0 saturated carbocycles. The van der Waals surface area contributed by atoms with Crippen LogP contribution >= 0.6 is 0 Å². The predicted molar refractivity (Wildman–Crippen MR) is 25.5 cm³/mol. The Bertz CT molecular complexity index is 80.5. The molecule has 0 N–H and O–H groups in total. The van der Waals surface area contributed by atoms with Crippen LogP contribution in [0.25, 0.3) is 0 Å². The van der Waals surface area contributed by atoms with Crippen LogP contribution in [-0.4, -0.2) is 12.2 Å². The molecule has 0 aromatic heterocycles. The Kier molecular flexibility index (Phi) is 2.58. The van der Waals surface area contributed by atoms with E-state index < -0.39 is 12.3 Å². The molecule has 0 aromatic rings. The van der Waals surface area contributed by atoms with Crippen molar-refractivity contribution < 1.29 is 13.6 Å². The Morgan fingerprint density at radius 1 is 1.62 bits per heavy atom. The lowest BCUT2D eigenvalue weighted by Crippen LogP contribution is -2.13. The highest BCUT2D eigenvalue weighted by atomic mass is 19.3. The highest BCUT2D eigenvalue weighted by Gasteiger charge is 2.25. The summed E-state index contributed by atoms with van der Waals surface area (Å²) in [5, 5.41) is 0. The Labute approximate surface area is 46.7 Å². The first-order valence-electron chi connectivity index (χ1n) is 2.35. The topological polar surface area (TPSA) is 17.1 Å². The van der Waals surface area contributed by atoms with E-state index in [0.29, 0.717) is 0 Å². The largest absolute Gasteiger partial charge is 0.291 e. The standard InChI is InChI=1S/C5H7F2O/c1-2-5(6,7)3-4-8/h2-3H2,1H3. The van der Waals surface area contributed by atoms with E-state index in [1.54, 1.807) is 0 Å². The fourth-order valence-electron chi connectivity index (χ4n) is 0.231. The number of halogens is 2. The van der Waals surface area contributed by atoms with E-state index in [9.17, 15) is 13.6 Å². The quantitative estimate of drug-likeness (QED) is 0.553. The molecule has 0 saturated heterocycles. The SMILES string of the molecule is CCC(F)(F)C[C]=O. The maximum atomic E-state index is 11.9. The van der Waals surface area contributed by atoms with Gasteiger partial charge in [-0.05, 0) is 0 Å². The second kappa shape index (κ2) is 2.74. The minimum absolute atomic E-state index is 0.289. The van der Waals surface area contributed by atoms with Gasteiger partial charge in [0.25, 0.3) is 5.92 Å². The second-order valence-corrected chi connectivity index (χ2v) is 1.53. The van der Waals surface area contributed by atoms with Gasteiger partial charge in [-0.2, -0.15) is 0 Å². The van der Waals surface area contributed by atoms with E-state index in [0.717, 1.165) is 6.29 Å². The van der Waals surface area contributed by atoms with Crippen LogP contribution in [0.3, 0.4) is 0 Å². The first-order valence-corrected chi connectivity index (χ1v) is 2.35. The van der Waals surface area contributed by atoms with Crippen molar-refractivity contribution in [3.8, 4) is 0 Å². The van der Waals surface area contributed by atoms with E-state index in [-0.39, 0.29) is 6.42 Å². The van der Waals surface area contributed by atoms with Gasteiger partial charge in [0.05, 0.1) is 6.42 Å². The zero-order valence-corrected chi connectivity index (χ0v) is 4.58. The zero-order valence-electron chi connectivity index (χ0n) is 4.58. The fraction of sp³-hybridized carbons (Fsp3) is 0.800. The molecule has 47 valence electrons. The van der Waals surface area contributed by atoms with E-state index in [4.69, 9.17) is 0 Å². The minimum atomic E-state index is -2.83.